The maximum atomic E-state index is 5.55. The van der Waals surface area contributed by atoms with E-state index in [4.69, 9.17) is 4.42 Å². The Morgan fingerprint density at radius 2 is 1.87 bits per heavy atom. The van der Waals surface area contributed by atoms with Crippen molar-refractivity contribution in [3.63, 3.8) is 0 Å². The van der Waals surface area contributed by atoms with Crippen LogP contribution in [0.4, 0.5) is 0 Å². The van der Waals surface area contributed by atoms with Crippen LogP contribution in [0.15, 0.2) is 10.8 Å². The lowest BCUT2D eigenvalue weighted by atomic mass is 9.89. The molecule has 3 heteroatoms. The van der Waals surface area contributed by atoms with Crippen LogP contribution in [0.1, 0.15) is 62.3 Å². The van der Waals surface area contributed by atoms with Crippen molar-refractivity contribution in [2.45, 2.75) is 56.2 Å². The van der Waals surface area contributed by atoms with Crippen molar-refractivity contribution in [1.29, 1.82) is 0 Å². The van der Waals surface area contributed by atoms with Gasteiger partial charge >= 0.3 is 0 Å². The summed E-state index contributed by atoms with van der Waals surface area (Å²) in [6.07, 6.45) is 11.0. The monoisotopic (exact) mass is 271 g/mol. The third-order valence-corrected chi connectivity index (χ3v) is 3.81. The van der Waals surface area contributed by atoms with E-state index in [1.165, 1.54) is 44.9 Å². The molecule has 0 bridgehead atoms. The molecule has 1 aliphatic carbocycles. The molecule has 0 unspecified atom stereocenters. The zero-order valence-electron chi connectivity index (χ0n) is 9.04. The van der Waals surface area contributed by atoms with Gasteiger partial charge in [0.15, 0.2) is 6.39 Å². The number of alkyl halides is 1. The predicted molar refractivity (Wildman–Crippen MR) is 64.2 cm³/mol. The average molecular weight is 272 g/mol. The molecule has 15 heavy (non-hydrogen) atoms. The summed E-state index contributed by atoms with van der Waals surface area (Å²) in [4.78, 5) is 4.25. The fourth-order valence-electron chi connectivity index (χ4n) is 2.43. The Bertz CT molecular complexity index is 290. The van der Waals surface area contributed by atoms with Crippen LogP contribution in [-0.2, 0) is 5.33 Å². The molecule has 1 aliphatic rings. The number of hydrogen-bond acceptors (Lipinski definition) is 2. The summed E-state index contributed by atoms with van der Waals surface area (Å²) in [5.41, 5.74) is 1.10. The van der Waals surface area contributed by atoms with Gasteiger partial charge in [0, 0.05) is 11.2 Å². The van der Waals surface area contributed by atoms with Gasteiger partial charge in [-0.2, -0.15) is 0 Å². The number of oxazole rings is 1. The lowest BCUT2D eigenvalue weighted by Crippen LogP contribution is -2.03. The normalized spacial score (nSPS) is 19.8. The molecule has 2 rings (SSSR count). The summed E-state index contributed by atoms with van der Waals surface area (Å²) in [5, 5.41) is 0.815. The minimum absolute atomic E-state index is 0.611. The second-order valence-electron chi connectivity index (χ2n) is 4.34. The molecule has 0 saturated heterocycles. The Kier molecular flexibility index (Phi) is 4.24. The van der Waals surface area contributed by atoms with Crippen LogP contribution < -0.4 is 0 Å². The van der Waals surface area contributed by atoms with Crippen molar-refractivity contribution < 1.29 is 4.42 Å². The zero-order valence-corrected chi connectivity index (χ0v) is 10.6. The van der Waals surface area contributed by atoms with E-state index in [0.29, 0.717) is 5.92 Å². The molecule has 1 aromatic heterocycles. The van der Waals surface area contributed by atoms with Crippen LogP contribution in [0.25, 0.3) is 0 Å². The van der Waals surface area contributed by atoms with Crippen molar-refractivity contribution in [3.05, 3.63) is 17.8 Å². The Labute approximate surface area is 99.6 Å². The molecule has 0 spiro atoms. The second kappa shape index (κ2) is 5.69. The maximum Gasteiger partial charge on any atom is 0.181 e. The van der Waals surface area contributed by atoms with Gasteiger partial charge in [-0.05, 0) is 12.8 Å². The molecule has 0 radical (unpaired) electrons. The van der Waals surface area contributed by atoms with E-state index >= 15 is 0 Å². The SMILES string of the molecule is BrCc1ncoc1C1CCCCCCC1. The Morgan fingerprint density at radius 1 is 1.20 bits per heavy atom. The molecule has 1 fully saturated rings. The fraction of sp³-hybridized carbons (Fsp3) is 0.750. The topological polar surface area (TPSA) is 26.0 Å². The molecule has 0 aliphatic heterocycles. The van der Waals surface area contributed by atoms with E-state index < -0.39 is 0 Å². The molecule has 0 amide bonds. The van der Waals surface area contributed by atoms with E-state index in [-0.39, 0.29) is 0 Å². The van der Waals surface area contributed by atoms with Crippen LogP contribution >= 0.6 is 15.9 Å². The Balaban J connectivity index is 2.06. The molecule has 1 heterocycles. The van der Waals surface area contributed by atoms with Gasteiger partial charge in [-0.3, -0.25) is 0 Å². The first kappa shape index (κ1) is 11.2. The quantitative estimate of drug-likeness (QED) is 0.746. The summed E-state index contributed by atoms with van der Waals surface area (Å²) in [6.45, 7) is 0. The highest BCUT2D eigenvalue weighted by atomic mass is 79.9. The first-order chi connectivity index (χ1) is 7.42. The number of nitrogens with zero attached hydrogens (tertiary/aromatic N) is 1. The van der Waals surface area contributed by atoms with Crippen molar-refractivity contribution in [1.82, 2.24) is 4.98 Å². The highest BCUT2D eigenvalue weighted by Crippen LogP contribution is 2.33. The molecular formula is C12H18BrNO. The predicted octanol–water partition coefficient (Wildman–Crippen LogP) is 4.40. The first-order valence-electron chi connectivity index (χ1n) is 5.90. The highest BCUT2D eigenvalue weighted by molar-refractivity contribution is 9.08. The molecule has 0 atom stereocenters. The fourth-order valence-corrected chi connectivity index (χ4v) is 2.85. The van der Waals surface area contributed by atoms with Crippen LogP contribution in [0.3, 0.4) is 0 Å². The van der Waals surface area contributed by atoms with Crippen LogP contribution in [0.2, 0.25) is 0 Å². The number of rotatable bonds is 2. The van der Waals surface area contributed by atoms with Gasteiger partial charge in [-0.25, -0.2) is 4.98 Å². The molecule has 2 nitrogen and oxygen atoms in total. The third kappa shape index (κ3) is 2.83. The lowest BCUT2D eigenvalue weighted by molar-refractivity contribution is 0.385. The van der Waals surface area contributed by atoms with E-state index in [2.05, 4.69) is 20.9 Å². The van der Waals surface area contributed by atoms with E-state index in [1.807, 2.05) is 0 Å². The van der Waals surface area contributed by atoms with Gasteiger partial charge in [0.1, 0.15) is 5.76 Å². The van der Waals surface area contributed by atoms with Gasteiger partial charge in [-0.15, -0.1) is 0 Å². The zero-order chi connectivity index (χ0) is 10.5. The van der Waals surface area contributed by atoms with Crippen molar-refractivity contribution >= 4 is 15.9 Å². The van der Waals surface area contributed by atoms with Crippen molar-refractivity contribution in [2.75, 3.05) is 0 Å². The summed E-state index contributed by atoms with van der Waals surface area (Å²) >= 11 is 3.47. The minimum Gasteiger partial charge on any atom is -0.448 e. The van der Waals surface area contributed by atoms with Crippen LogP contribution in [0.5, 0.6) is 0 Å². The number of hydrogen-bond donors (Lipinski definition) is 0. The first-order valence-corrected chi connectivity index (χ1v) is 7.02. The largest absolute Gasteiger partial charge is 0.448 e. The molecule has 1 saturated carbocycles. The van der Waals surface area contributed by atoms with Crippen LogP contribution in [-0.4, -0.2) is 4.98 Å². The van der Waals surface area contributed by atoms with E-state index in [9.17, 15) is 0 Å². The molecular weight excluding hydrogens is 254 g/mol. The Morgan fingerprint density at radius 3 is 2.53 bits per heavy atom. The standard InChI is InChI=1S/C12H18BrNO/c13-8-11-12(15-9-14-11)10-6-4-2-1-3-5-7-10/h9-10H,1-8H2. The molecule has 0 N–H and O–H groups in total. The van der Waals surface area contributed by atoms with Crippen molar-refractivity contribution in [3.8, 4) is 0 Å². The summed E-state index contributed by atoms with van der Waals surface area (Å²) in [5.74, 6) is 1.74. The smallest absolute Gasteiger partial charge is 0.181 e. The van der Waals surface area contributed by atoms with Gasteiger partial charge in [0.05, 0.1) is 5.69 Å². The molecule has 84 valence electrons. The average Bonchev–Trinajstić information content (AvgIpc) is 2.65. The molecule has 0 aromatic carbocycles. The van der Waals surface area contributed by atoms with Gasteiger partial charge in [0.2, 0.25) is 0 Å². The number of aromatic nitrogens is 1. The Hall–Kier alpha value is -0.310. The van der Waals surface area contributed by atoms with Gasteiger partial charge in [0.25, 0.3) is 0 Å². The van der Waals surface area contributed by atoms with E-state index in [0.717, 1.165) is 16.8 Å². The number of halogens is 1. The minimum atomic E-state index is 0.611. The van der Waals surface area contributed by atoms with E-state index in [1.54, 1.807) is 6.39 Å². The summed E-state index contributed by atoms with van der Waals surface area (Å²) in [7, 11) is 0. The maximum absolute atomic E-state index is 5.55. The van der Waals surface area contributed by atoms with Crippen molar-refractivity contribution in [2.24, 2.45) is 0 Å². The van der Waals surface area contributed by atoms with Gasteiger partial charge < -0.3 is 4.42 Å². The molecule has 1 aromatic rings. The highest BCUT2D eigenvalue weighted by Gasteiger charge is 2.20. The summed E-state index contributed by atoms with van der Waals surface area (Å²) in [6, 6.07) is 0. The van der Waals surface area contributed by atoms with Crippen LogP contribution in [0, 0.1) is 0 Å². The third-order valence-electron chi connectivity index (χ3n) is 3.28. The van der Waals surface area contributed by atoms with Gasteiger partial charge in [-0.1, -0.05) is 48.0 Å². The summed E-state index contributed by atoms with van der Waals surface area (Å²) < 4.78 is 5.55. The second-order valence-corrected chi connectivity index (χ2v) is 4.90. The lowest BCUT2D eigenvalue weighted by Gasteiger charge is -2.17.